The monoisotopic (exact) mass is 423 g/mol. The van der Waals surface area contributed by atoms with E-state index in [1.807, 2.05) is 24.3 Å². The number of benzene rings is 1. The molecule has 6 aromatic rings. The highest BCUT2D eigenvalue weighted by molar-refractivity contribution is 5.96. The Kier molecular flexibility index (Phi) is 3.94. The molecular weight excluding hydrogens is 409 g/mol. The summed E-state index contributed by atoms with van der Waals surface area (Å²) >= 11 is 0. The molecule has 0 amide bonds. The average molecular weight is 423 g/mol. The minimum absolute atomic E-state index is 0.178. The van der Waals surface area contributed by atoms with E-state index in [0.717, 1.165) is 28.4 Å². The number of nitrogens with one attached hydrogen (secondary N) is 2. The molecule has 0 fully saturated rings. The second-order valence-electron chi connectivity index (χ2n) is 7.24. The summed E-state index contributed by atoms with van der Waals surface area (Å²) in [7, 11) is 0. The maximum atomic E-state index is 13.9. The zero-order valence-electron chi connectivity index (χ0n) is 16.4. The van der Waals surface area contributed by atoms with Gasteiger partial charge in [-0.25, -0.2) is 9.37 Å². The van der Waals surface area contributed by atoms with Gasteiger partial charge in [0, 0.05) is 29.4 Å². The van der Waals surface area contributed by atoms with Gasteiger partial charge in [0.1, 0.15) is 22.8 Å². The zero-order valence-corrected chi connectivity index (χ0v) is 16.4. The van der Waals surface area contributed by atoms with E-state index in [9.17, 15) is 9.50 Å². The molecule has 154 valence electrons. The first-order valence-electron chi connectivity index (χ1n) is 9.76. The van der Waals surface area contributed by atoms with Crippen molar-refractivity contribution in [1.29, 1.82) is 0 Å². The van der Waals surface area contributed by atoms with Crippen LogP contribution in [0.5, 0.6) is 5.75 Å². The first-order valence-corrected chi connectivity index (χ1v) is 9.76. The lowest BCUT2D eigenvalue weighted by Crippen LogP contribution is -1.87. The Labute approximate surface area is 179 Å². The summed E-state index contributed by atoms with van der Waals surface area (Å²) in [5.74, 6) is -0.205. The minimum Gasteiger partial charge on any atom is -0.508 e. The van der Waals surface area contributed by atoms with Gasteiger partial charge >= 0.3 is 0 Å². The van der Waals surface area contributed by atoms with Crippen molar-refractivity contribution in [3.05, 3.63) is 72.9 Å². The van der Waals surface area contributed by atoms with Crippen LogP contribution in [0.2, 0.25) is 0 Å². The van der Waals surface area contributed by atoms with Crippen LogP contribution in [0, 0.1) is 5.82 Å². The van der Waals surface area contributed by atoms with Crippen molar-refractivity contribution < 1.29 is 9.50 Å². The van der Waals surface area contributed by atoms with Crippen molar-refractivity contribution in [2.75, 3.05) is 0 Å². The highest BCUT2D eigenvalue weighted by atomic mass is 19.1. The fourth-order valence-corrected chi connectivity index (χ4v) is 3.72. The van der Waals surface area contributed by atoms with Gasteiger partial charge < -0.3 is 10.1 Å². The number of nitrogens with zero attached hydrogens (tertiary/aromatic N) is 5. The van der Waals surface area contributed by atoms with Gasteiger partial charge in [-0.3, -0.25) is 20.1 Å². The van der Waals surface area contributed by atoms with E-state index in [1.165, 1.54) is 12.1 Å². The first kappa shape index (κ1) is 18.1. The second-order valence-corrected chi connectivity index (χ2v) is 7.24. The van der Waals surface area contributed by atoms with E-state index >= 15 is 0 Å². The molecule has 6 rings (SSSR count). The van der Waals surface area contributed by atoms with Crippen LogP contribution in [-0.2, 0) is 0 Å². The maximum Gasteiger partial charge on any atom is 0.159 e. The lowest BCUT2D eigenvalue weighted by molar-refractivity contribution is 0.469. The van der Waals surface area contributed by atoms with Crippen LogP contribution in [0.4, 0.5) is 4.39 Å². The third-order valence-corrected chi connectivity index (χ3v) is 5.16. The summed E-state index contributed by atoms with van der Waals surface area (Å²) in [6, 6.07) is 13.1. The van der Waals surface area contributed by atoms with Crippen molar-refractivity contribution in [3.63, 3.8) is 0 Å². The molecule has 0 aliphatic heterocycles. The van der Waals surface area contributed by atoms with Gasteiger partial charge in [0.25, 0.3) is 0 Å². The molecule has 32 heavy (non-hydrogen) atoms. The summed E-state index contributed by atoms with van der Waals surface area (Å²) in [4.78, 5) is 21.2. The number of hydrogen-bond donors (Lipinski definition) is 3. The van der Waals surface area contributed by atoms with E-state index in [-0.39, 0.29) is 5.75 Å². The lowest BCUT2D eigenvalue weighted by atomic mass is 10.1. The summed E-state index contributed by atoms with van der Waals surface area (Å²) in [5.41, 5.74) is 4.98. The van der Waals surface area contributed by atoms with Gasteiger partial charge in [0.2, 0.25) is 0 Å². The number of fused-ring (bicyclic) bond motifs is 2. The van der Waals surface area contributed by atoms with E-state index in [2.05, 4.69) is 30.1 Å². The molecule has 0 bridgehead atoms. The maximum absolute atomic E-state index is 13.9. The van der Waals surface area contributed by atoms with E-state index < -0.39 is 5.82 Å². The standard InChI is InChI=1S/C23H14FN7O/c24-13-7-12(8-14(32)9-13)20-22-17(4-6-26-20)28-23(29-22)21-15-10-18(16-3-1-2-5-25-16)27-11-19(15)30-31-21/h1-11,32H,(H,28,29)(H,30,31). The quantitative estimate of drug-likeness (QED) is 0.387. The summed E-state index contributed by atoms with van der Waals surface area (Å²) in [6.07, 6.45) is 5.03. The molecule has 0 aliphatic carbocycles. The highest BCUT2D eigenvalue weighted by Gasteiger charge is 2.17. The first-order chi connectivity index (χ1) is 15.7. The van der Waals surface area contributed by atoms with Crippen LogP contribution in [0.3, 0.4) is 0 Å². The third-order valence-electron chi connectivity index (χ3n) is 5.16. The molecule has 9 heteroatoms. The van der Waals surface area contributed by atoms with E-state index in [0.29, 0.717) is 33.8 Å². The predicted molar refractivity (Wildman–Crippen MR) is 117 cm³/mol. The Morgan fingerprint density at radius 1 is 0.844 bits per heavy atom. The van der Waals surface area contributed by atoms with Crippen molar-refractivity contribution >= 4 is 21.9 Å². The predicted octanol–water partition coefficient (Wildman–Crippen LogP) is 4.47. The summed E-state index contributed by atoms with van der Waals surface area (Å²) in [6.45, 7) is 0. The summed E-state index contributed by atoms with van der Waals surface area (Å²) in [5, 5.41) is 18.0. The van der Waals surface area contributed by atoms with Crippen molar-refractivity contribution in [2.45, 2.75) is 0 Å². The molecule has 8 nitrogen and oxygen atoms in total. The normalized spacial score (nSPS) is 11.4. The van der Waals surface area contributed by atoms with Gasteiger partial charge in [0.15, 0.2) is 5.82 Å². The zero-order chi connectivity index (χ0) is 21.7. The molecule has 0 unspecified atom stereocenters. The molecule has 1 aromatic carbocycles. The number of phenolic OH excluding ortho intramolecular Hbond substituents is 1. The van der Waals surface area contributed by atoms with E-state index in [1.54, 1.807) is 24.7 Å². The number of rotatable bonds is 3. The number of aromatic nitrogens is 7. The molecule has 0 atom stereocenters. The Bertz CT molecular complexity index is 1590. The van der Waals surface area contributed by atoms with Crippen LogP contribution in [0.25, 0.3) is 56.1 Å². The Balaban J connectivity index is 1.52. The molecule has 0 saturated heterocycles. The van der Waals surface area contributed by atoms with Crippen LogP contribution in [-0.4, -0.2) is 40.2 Å². The topological polar surface area (TPSA) is 116 Å². The third kappa shape index (κ3) is 2.95. The summed E-state index contributed by atoms with van der Waals surface area (Å²) < 4.78 is 13.9. The van der Waals surface area contributed by atoms with Crippen LogP contribution in [0.15, 0.2) is 67.1 Å². The van der Waals surface area contributed by atoms with Crippen molar-refractivity contribution in [3.8, 4) is 39.9 Å². The number of phenols is 1. The molecule has 0 aliphatic rings. The minimum atomic E-state index is -0.553. The second kappa shape index (κ2) is 6.95. The Morgan fingerprint density at radius 2 is 1.78 bits per heavy atom. The SMILES string of the molecule is Oc1cc(F)cc(-c2nccc3[nH]c(-c4n[nH]c5cnc(-c6ccccn6)cc45)nc23)c1. The number of aromatic amines is 2. The van der Waals surface area contributed by atoms with Gasteiger partial charge in [-0.2, -0.15) is 5.10 Å². The molecule has 0 radical (unpaired) electrons. The van der Waals surface area contributed by atoms with Crippen LogP contribution < -0.4 is 0 Å². The van der Waals surface area contributed by atoms with Crippen LogP contribution in [0.1, 0.15) is 0 Å². The number of pyridine rings is 3. The molecule has 0 saturated carbocycles. The fourth-order valence-electron chi connectivity index (χ4n) is 3.72. The fraction of sp³-hybridized carbons (Fsp3) is 0. The van der Waals surface area contributed by atoms with Gasteiger partial charge in [-0.15, -0.1) is 0 Å². The molecule has 5 heterocycles. The van der Waals surface area contributed by atoms with E-state index in [4.69, 9.17) is 4.98 Å². The lowest BCUT2D eigenvalue weighted by Gasteiger charge is -2.03. The molecule has 0 spiro atoms. The number of halogens is 1. The Morgan fingerprint density at radius 3 is 2.62 bits per heavy atom. The molecular formula is C23H14FN7O. The largest absolute Gasteiger partial charge is 0.508 e. The Hall–Kier alpha value is -4.66. The molecule has 5 aromatic heterocycles. The number of hydrogen-bond acceptors (Lipinski definition) is 6. The van der Waals surface area contributed by atoms with Gasteiger partial charge in [-0.1, -0.05) is 6.07 Å². The number of aromatic hydroxyl groups is 1. The van der Waals surface area contributed by atoms with Crippen LogP contribution >= 0.6 is 0 Å². The van der Waals surface area contributed by atoms with Gasteiger partial charge in [-0.05, 0) is 36.4 Å². The smallest absolute Gasteiger partial charge is 0.159 e. The number of imidazole rings is 1. The van der Waals surface area contributed by atoms with Crippen molar-refractivity contribution in [1.82, 2.24) is 35.1 Å². The highest BCUT2D eigenvalue weighted by Crippen LogP contribution is 2.32. The molecule has 3 N–H and O–H groups in total. The average Bonchev–Trinajstić information content (AvgIpc) is 3.42. The number of H-pyrrole nitrogens is 2. The van der Waals surface area contributed by atoms with Crippen molar-refractivity contribution in [2.24, 2.45) is 0 Å². The van der Waals surface area contributed by atoms with Gasteiger partial charge in [0.05, 0.1) is 34.3 Å².